The molecular formula is C21H22O8. The molecule has 2 aromatic carbocycles. The Morgan fingerprint density at radius 1 is 0.690 bits per heavy atom. The molecule has 2 aromatic rings. The summed E-state index contributed by atoms with van der Waals surface area (Å²) in [5.41, 5.74) is -0.292. The molecule has 0 unspecified atom stereocenters. The molecule has 0 saturated heterocycles. The minimum atomic E-state index is -1.23. The number of benzene rings is 2. The number of esters is 1. The van der Waals surface area contributed by atoms with Crippen LogP contribution >= 0.6 is 0 Å². The molecule has 2 rings (SSSR count). The first-order chi connectivity index (χ1) is 13.8. The quantitative estimate of drug-likeness (QED) is 0.447. The molecule has 3 N–H and O–H groups in total. The van der Waals surface area contributed by atoms with E-state index < -0.39 is 23.9 Å². The van der Waals surface area contributed by atoms with Gasteiger partial charge in [0.1, 0.15) is 0 Å². The summed E-state index contributed by atoms with van der Waals surface area (Å²) in [6.45, 7) is 2.39. The van der Waals surface area contributed by atoms with Crippen LogP contribution in [0.3, 0.4) is 0 Å². The van der Waals surface area contributed by atoms with Crippen LogP contribution in [0.15, 0.2) is 48.5 Å². The van der Waals surface area contributed by atoms with Crippen molar-refractivity contribution < 1.29 is 39.2 Å². The topological polar surface area (TPSA) is 138 Å². The Bertz CT molecular complexity index is 839. The molecule has 0 aliphatic heterocycles. The standard InChI is InChI=1S/C13H16O4.C8H6O4/c1-2-3-6-9-17-13(16)11-8-5-4-7-10(11)12(14)15;9-7(10)5-3-1-2-4-6(5)8(11)12/h4-5,7-8H,2-3,6,9H2,1H3,(H,14,15);1-4H,(H,9,10)(H,11,12). The Kier molecular flexibility index (Phi) is 9.60. The molecule has 0 amide bonds. The highest BCUT2D eigenvalue weighted by Gasteiger charge is 2.16. The van der Waals surface area contributed by atoms with E-state index in [0.717, 1.165) is 19.3 Å². The summed E-state index contributed by atoms with van der Waals surface area (Å²) in [4.78, 5) is 43.5. The predicted octanol–water partition coefficient (Wildman–Crippen LogP) is 3.81. The number of carbonyl (C=O) groups is 4. The van der Waals surface area contributed by atoms with Crippen molar-refractivity contribution in [3.63, 3.8) is 0 Å². The maximum absolute atomic E-state index is 11.6. The summed E-state index contributed by atoms with van der Waals surface area (Å²) >= 11 is 0. The van der Waals surface area contributed by atoms with Gasteiger partial charge in [-0.15, -0.1) is 0 Å². The van der Waals surface area contributed by atoms with Crippen LogP contribution < -0.4 is 0 Å². The van der Waals surface area contributed by atoms with Crippen LogP contribution in [0.4, 0.5) is 0 Å². The lowest BCUT2D eigenvalue weighted by atomic mass is 10.1. The third kappa shape index (κ3) is 7.45. The SMILES string of the molecule is CCCCCOC(=O)c1ccccc1C(=O)O.O=C(O)c1ccccc1C(=O)O. The van der Waals surface area contributed by atoms with Crippen LogP contribution in [0.2, 0.25) is 0 Å². The molecule has 0 heterocycles. The van der Waals surface area contributed by atoms with Crippen molar-refractivity contribution >= 4 is 23.9 Å². The smallest absolute Gasteiger partial charge is 0.339 e. The predicted molar refractivity (Wildman–Crippen MR) is 104 cm³/mol. The molecule has 29 heavy (non-hydrogen) atoms. The third-order valence-corrected chi connectivity index (χ3v) is 3.75. The van der Waals surface area contributed by atoms with Gasteiger partial charge in [0.15, 0.2) is 0 Å². The van der Waals surface area contributed by atoms with E-state index in [1.165, 1.54) is 36.4 Å². The third-order valence-electron chi connectivity index (χ3n) is 3.75. The van der Waals surface area contributed by atoms with Crippen molar-refractivity contribution in [3.05, 3.63) is 70.8 Å². The Labute approximate surface area is 167 Å². The zero-order chi connectivity index (χ0) is 21.8. The number of carboxylic acids is 3. The van der Waals surface area contributed by atoms with E-state index in [1.807, 2.05) is 0 Å². The average Bonchev–Trinajstić information content (AvgIpc) is 2.71. The molecule has 0 bridgehead atoms. The van der Waals surface area contributed by atoms with Crippen LogP contribution in [0.1, 0.15) is 67.6 Å². The molecular weight excluding hydrogens is 380 g/mol. The van der Waals surface area contributed by atoms with E-state index in [9.17, 15) is 19.2 Å². The first-order valence-electron chi connectivity index (χ1n) is 8.84. The highest BCUT2D eigenvalue weighted by molar-refractivity contribution is 6.02. The van der Waals surface area contributed by atoms with Gasteiger partial charge in [0.25, 0.3) is 0 Å². The number of carbonyl (C=O) groups excluding carboxylic acids is 1. The summed E-state index contributed by atoms with van der Waals surface area (Å²) in [7, 11) is 0. The van der Waals surface area contributed by atoms with Gasteiger partial charge in [0, 0.05) is 0 Å². The Morgan fingerprint density at radius 2 is 1.07 bits per heavy atom. The highest BCUT2D eigenvalue weighted by Crippen LogP contribution is 2.11. The van der Waals surface area contributed by atoms with Crippen molar-refractivity contribution in [1.29, 1.82) is 0 Å². The first-order valence-corrected chi connectivity index (χ1v) is 8.84. The van der Waals surface area contributed by atoms with E-state index in [1.54, 1.807) is 12.1 Å². The van der Waals surface area contributed by atoms with E-state index in [-0.39, 0.29) is 22.3 Å². The largest absolute Gasteiger partial charge is 0.478 e. The fourth-order valence-corrected chi connectivity index (χ4v) is 2.30. The van der Waals surface area contributed by atoms with E-state index in [4.69, 9.17) is 20.1 Å². The number of aromatic carboxylic acids is 3. The number of rotatable bonds is 8. The maximum atomic E-state index is 11.6. The molecule has 0 atom stereocenters. The van der Waals surface area contributed by atoms with Crippen LogP contribution in [-0.2, 0) is 4.74 Å². The normalized spacial score (nSPS) is 9.69. The van der Waals surface area contributed by atoms with E-state index in [0.29, 0.717) is 6.61 Å². The highest BCUT2D eigenvalue weighted by atomic mass is 16.5. The number of unbranched alkanes of at least 4 members (excludes halogenated alkanes) is 2. The van der Waals surface area contributed by atoms with Gasteiger partial charge in [-0.1, -0.05) is 44.0 Å². The summed E-state index contributed by atoms with van der Waals surface area (Å²) in [5, 5.41) is 26.0. The van der Waals surface area contributed by atoms with Gasteiger partial charge in [-0.3, -0.25) is 0 Å². The molecule has 8 heteroatoms. The lowest BCUT2D eigenvalue weighted by Crippen LogP contribution is -2.12. The average molecular weight is 402 g/mol. The molecule has 0 aliphatic carbocycles. The van der Waals surface area contributed by atoms with Gasteiger partial charge < -0.3 is 20.1 Å². The molecule has 0 saturated carbocycles. The first kappa shape index (κ1) is 23.4. The Balaban J connectivity index is 0.000000308. The molecule has 0 aliphatic rings. The van der Waals surface area contributed by atoms with Gasteiger partial charge in [-0.2, -0.15) is 0 Å². The monoisotopic (exact) mass is 402 g/mol. The van der Waals surface area contributed by atoms with Crippen LogP contribution in [0.25, 0.3) is 0 Å². The molecule has 8 nitrogen and oxygen atoms in total. The van der Waals surface area contributed by atoms with Gasteiger partial charge >= 0.3 is 23.9 Å². The number of hydrogen-bond donors (Lipinski definition) is 3. The second kappa shape index (κ2) is 11.9. The summed E-state index contributed by atoms with van der Waals surface area (Å²) < 4.78 is 5.02. The summed E-state index contributed by atoms with van der Waals surface area (Å²) in [6, 6.07) is 11.5. The van der Waals surface area contributed by atoms with Gasteiger partial charge in [-0.25, -0.2) is 19.2 Å². The minimum absolute atomic E-state index is 0.0204. The van der Waals surface area contributed by atoms with Crippen LogP contribution in [0.5, 0.6) is 0 Å². The summed E-state index contributed by atoms with van der Waals surface area (Å²) in [5.74, 6) is -4.15. The lowest BCUT2D eigenvalue weighted by molar-refractivity contribution is 0.0487. The van der Waals surface area contributed by atoms with Gasteiger partial charge in [0.05, 0.1) is 28.9 Å². The lowest BCUT2D eigenvalue weighted by Gasteiger charge is -2.06. The van der Waals surface area contributed by atoms with Crippen molar-refractivity contribution in [2.75, 3.05) is 6.61 Å². The summed E-state index contributed by atoms with van der Waals surface area (Å²) in [6.07, 6.45) is 2.84. The Morgan fingerprint density at radius 3 is 1.45 bits per heavy atom. The molecule has 0 fully saturated rings. The number of carboxylic acid groups (broad SMARTS) is 3. The molecule has 0 radical (unpaired) electrons. The molecule has 154 valence electrons. The van der Waals surface area contributed by atoms with E-state index in [2.05, 4.69) is 6.92 Å². The van der Waals surface area contributed by atoms with Gasteiger partial charge in [-0.05, 0) is 30.7 Å². The second-order valence-electron chi connectivity index (χ2n) is 5.85. The molecule has 0 spiro atoms. The van der Waals surface area contributed by atoms with Crippen molar-refractivity contribution in [3.8, 4) is 0 Å². The maximum Gasteiger partial charge on any atom is 0.339 e. The fourth-order valence-electron chi connectivity index (χ4n) is 2.30. The zero-order valence-corrected chi connectivity index (χ0v) is 15.8. The zero-order valence-electron chi connectivity index (χ0n) is 15.8. The van der Waals surface area contributed by atoms with Gasteiger partial charge in [0.2, 0.25) is 0 Å². The van der Waals surface area contributed by atoms with Crippen molar-refractivity contribution in [2.24, 2.45) is 0 Å². The van der Waals surface area contributed by atoms with Crippen LogP contribution in [-0.4, -0.2) is 45.8 Å². The number of ether oxygens (including phenoxy) is 1. The minimum Gasteiger partial charge on any atom is -0.478 e. The fraction of sp³-hybridized carbons (Fsp3) is 0.238. The van der Waals surface area contributed by atoms with E-state index >= 15 is 0 Å². The molecule has 0 aromatic heterocycles. The number of hydrogen-bond acceptors (Lipinski definition) is 5. The Hall–Kier alpha value is -3.68. The van der Waals surface area contributed by atoms with Crippen molar-refractivity contribution in [2.45, 2.75) is 26.2 Å². The van der Waals surface area contributed by atoms with Crippen molar-refractivity contribution in [1.82, 2.24) is 0 Å². The van der Waals surface area contributed by atoms with Crippen LogP contribution in [0, 0.1) is 0 Å². The second-order valence-corrected chi connectivity index (χ2v) is 5.85.